The van der Waals surface area contributed by atoms with Crippen LogP contribution >= 0.6 is 10.7 Å². The van der Waals surface area contributed by atoms with E-state index >= 15 is 0 Å². The number of aromatic nitrogens is 2. The normalized spacial score (nSPS) is 25.3. The van der Waals surface area contributed by atoms with Crippen LogP contribution in [0.4, 0.5) is 0 Å². The average molecular weight is 291 g/mol. The van der Waals surface area contributed by atoms with E-state index in [2.05, 4.69) is 12.0 Å². The van der Waals surface area contributed by atoms with E-state index in [1.165, 1.54) is 12.8 Å². The molecule has 4 nitrogen and oxygen atoms in total. The van der Waals surface area contributed by atoms with Gasteiger partial charge in [0.15, 0.2) is 0 Å². The number of hydrogen-bond acceptors (Lipinski definition) is 3. The summed E-state index contributed by atoms with van der Waals surface area (Å²) >= 11 is 0. The molecule has 0 saturated heterocycles. The minimum absolute atomic E-state index is 0.183. The topological polar surface area (TPSA) is 52.0 Å². The van der Waals surface area contributed by atoms with Crippen LogP contribution in [0.5, 0.6) is 0 Å². The van der Waals surface area contributed by atoms with E-state index in [1.54, 1.807) is 13.8 Å². The molecule has 2 rings (SSSR count). The first-order valence-electron chi connectivity index (χ1n) is 6.31. The lowest BCUT2D eigenvalue weighted by Gasteiger charge is -2.27. The fraction of sp³-hybridized carbons (Fsp3) is 0.750. The van der Waals surface area contributed by atoms with Crippen molar-refractivity contribution in [2.24, 2.45) is 5.92 Å². The van der Waals surface area contributed by atoms with Gasteiger partial charge in [0.1, 0.15) is 4.90 Å². The largest absolute Gasteiger partial charge is 0.265 e. The fourth-order valence-electron chi connectivity index (χ4n) is 2.98. The third-order valence-corrected chi connectivity index (χ3v) is 5.30. The maximum Gasteiger partial charge on any atom is 0.264 e. The highest BCUT2D eigenvalue weighted by molar-refractivity contribution is 8.13. The molecule has 1 aliphatic rings. The summed E-state index contributed by atoms with van der Waals surface area (Å²) in [5.41, 5.74) is 1.17. The molecule has 2 unspecified atom stereocenters. The van der Waals surface area contributed by atoms with Crippen molar-refractivity contribution in [1.29, 1.82) is 0 Å². The molecule has 102 valence electrons. The molecule has 1 aliphatic carbocycles. The Bertz CT molecular complexity index is 551. The zero-order valence-electron chi connectivity index (χ0n) is 11.0. The van der Waals surface area contributed by atoms with Crippen LogP contribution in [0, 0.1) is 19.8 Å². The highest BCUT2D eigenvalue weighted by Gasteiger charge is 2.28. The summed E-state index contributed by atoms with van der Waals surface area (Å²) in [5, 5.41) is 4.39. The minimum Gasteiger partial charge on any atom is -0.265 e. The van der Waals surface area contributed by atoms with Crippen molar-refractivity contribution in [3.63, 3.8) is 0 Å². The quantitative estimate of drug-likeness (QED) is 0.786. The molecule has 0 radical (unpaired) electrons. The smallest absolute Gasteiger partial charge is 0.264 e. The Morgan fingerprint density at radius 3 is 2.50 bits per heavy atom. The van der Waals surface area contributed by atoms with Crippen molar-refractivity contribution in [2.75, 3.05) is 0 Å². The maximum atomic E-state index is 11.5. The highest BCUT2D eigenvalue weighted by Crippen LogP contribution is 2.34. The van der Waals surface area contributed by atoms with Crippen LogP contribution < -0.4 is 0 Å². The fourth-order valence-corrected chi connectivity index (χ4v) is 4.49. The van der Waals surface area contributed by atoms with Crippen molar-refractivity contribution >= 4 is 19.7 Å². The molecule has 1 heterocycles. The van der Waals surface area contributed by atoms with Gasteiger partial charge in [-0.25, -0.2) is 8.42 Å². The first kappa shape index (κ1) is 13.9. The van der Waals surface area contributed by atoms with E-state index in [0.717, 1.165) is 12.8 Å². The van der Waals surface area contributed by atoms with Gasteiger partial charge in [-0.15, -0.1) is 0 Å². The Hall–Kier alpha value is -0.550. The summed E-state index contributed by atoms with van der Waals surface area (Å²) in [6, 6.07) is 0.305. The van der Waals surface area contributed by atoms with Gasteiger partial charge >= 0.3 is 0 Å². The van der Waals surface area contributed by atoms with Gasteiger partial charge in [0.25, 0.3) is 9.05 Å². The van der Waals surface area contributed by atoms with Crippen LogP contribution in [-0.4, -0.2) is 18.2 Å². The zero-order chi connectivity index (χ0) is 13.5. The summed E-state index contributed by atoms with van der Waals surface area (Å²) in [6.07, 6.45) is 4.54. The second-order valence-corrected chi connectivity index (χ2v) is 7.81. The standard InChI is InChI=1S/C12H19ClN2O2S/c1-8-5-4-6-11(7-8)15-10(3)12(9(2)14-15)18(13,16)17/h8,11H,4-7H2,1-3H3. The van der Waals surface area contributed by atoms with Crippen LogP contribution in [0.15, 0.2) is 4.90 Å². The van der Waals surface area contributed by atoms with Gasteiger partial charge in [0, 0.05) is 10.7 Å². The van der Waals surface area contributed by atoms with Crippen molar-refractivity contribution in [1.82, 2.24) is 9.78 Å². The Morgan fingerprint density at radius 1 is 1.33 bits per heavy atom. The molecule has 1 saturated carbocycles. The summed E-state index contributed by atoms with van der Waals surface area (Å²) in [7, 11) is 1.76. The minimum atomic E-state index is -3.71. The van der Waals surface area contributed by atoms with Gasteiger partial charge in [-0.1, -0.05) is 19.8 Å². The summed E-state index contributed by atoms with van der Waals surface area (Å²) < 4.78 is 25.0. The molecule has 1 fully saturated rings. The first-order valence-corrected chi connectivity index (χ1v) is 8.62. The molecular weight excluding hydrogens is 272 g/mol. The number of nitrogens with zero attached hydrogens (tertiary/aromatic N) is 2. The SMILES string of the molecule is Cc1nn(C2CCCC(C)C2)c(C)c1S(=O)(=O)Cl. The number of halogens is 1. The van der Waals surface area contributed by atoms with Gasteiger partial charge in [-0.05, 0) is 32.6 Å². The lowest BCUT2D eigenvalue weighted by atomic mass is 9.87. The van der Waals surface area contributed by atoms with Crippen molar-refractivity contribution in [3.05, 3.63) is 11.4 Å². The van der Waals surface area contributed by atoms with Crippen LogP contribution in [0.3, 0.4) is 0 Å². The summed E-state index contributed by atoms with van der Waals surface area (Å²) in [4.78, 5) is 0.183. The Labute approximate surface area is 113 Å². The van der Waals surface area contributed by atoms with Crippen molar-refractivity contribution < 1.29 is 8.42 Å². The average Bonchev–Trinajstić information content (AvgIpc) is 2.53. The van der Waals surface area contributed by atoms with E-state index in [0.29, 0.717) is 23.3 Å². The highest BCUT2D eigenvalue weighted by atomic mass is 35.7. The van der Waals surface area contributed by atoms with Crippen LogP contribution in [-0.2, 0) is 9.05 Å². The zero-order valence-corrected chi connectivity index (χ0v) is 12.6. The van der Waals surface area contributed by atoms with E-state index in [9.17, 15) is 8.42 Å². The van der Waals surface area contributed by atoms with E-state index in [1.807, 2.05) is 4.68 Å². The summed E-state index contributed by atoms with van der Waals surface area (Å²) in [6.45, 7) is 5.72. The van der Waals surface area contributed by atoms with Gasteiger partial charge in [-0.3, -0.25) is 4.68 Å². The molecule has 0 spiro atoms. The third-order valence-electron chi connectivity index (χ3n) is 3.76. The molecule has 0 aliphatic heterocycles. The molecule has 6 heteroatoms. The second-order valence-electron chi connectivity index (χ2n) is 5.31. The maximum absolute atomic E-state index is 11.5. The molecule has 1 aromatic rings. The number of rotatable bonds is 2. The molecule has 0 bridgehead atoms. The van der Waals surface area contributed by atoms with Gasteiger partial charge in [-0.2, -0.15) is 5.10 Å². The molecule has 0 N–H and O–H groups in total. The molecule has 0 aromatic carbocycles. The Morgan fingerprint density at radius 2 is 2.00 bits per heavy atom. The van der Waals surface area contributed by atoms with Crippen molar-refractivity contribution in [3.8, 4) is 0 Å². The monoisotopic (exact) mass is 290 g/mol. The Kier molecular flexibility index (Phi) is 3.74. The van der Waals surface area contributed by atoms with Crippen LogP contribution in [0.25, 0.3) is 0 Å². The third kappa shape index (κ3) is 2.57. The molecule has 2 atom stereocenters. The van der Waals surface area contributed by atoms with E-state index < -0.39 is 9.05 Å². The van der Waals surface area contributed by atoms with Crippen LogP contribution in [0.1, 0.15) is 50.0 Å². The van der Waals surface area contributed by atoms with Crippen molar-refractivity contribution in [2.45, 2.75) is 57.4 Å². The predicted molar refractivity (Wildman–Crippen MR) is 71.4 cm³/mol. The molecule has 18 heavy (non-hydrogen) atoms. The van der Waals surface area contributed by atoms with Gasteiger partial charge < -0.3 is 0 Å². The Balaban J connectivity index is 2.41. The van der Waals surface area contributed by atoms with Crippen LogP contribution in [0.2, 0.25) is 0 Å². The molecule has 1 aromatic heterocycles. The lowest BCUT2D eigenvalue weighted by Crippen LogP contribution is -2.19. The second kappa shape index (κ2) is 4.85. The van der Waals surface area contributed by atoms with Gasteiger partial charge in [0.05, 0.1) is 17.4 Å². The molecule has 0 amide bonds. The number of aryl methyl sites for hydroxylation is 1. The van der Waals surface area contributed by atoms with Gasteiger partial charge in [0.2, 0.25) is 0 Å². The summed E-state index contributed by atoms with van der Waals surface area (Å²) in [5.74, 6) is 0.670. The first-order chi connectivity index (χ1) is 8.30. The van der Waals surface area contributed by atoms with E-state index in [4.69, 9.17) is 10.7 Å². The molecular formula is C12H19ClN2O2S. The van der Waals surface area contributed by atoms with E-state index in [-0.39, 0.29) is 4.90 Å². The number of hydrogen-bond donors (Lipinski definition) is 0. The predicted octanol–water partition coefficient (Wildman–Crippen LogP) is 3.18. The lowest BCUT2D eigenvalue weighted by molar-refractivity contribution is 0.262.